The van der Waals surface area contributed by atoms with Gasteiger partial charge in [-0.15, -0.1) is 0 Å². The number of nitrogens with zero attached hydrogens (tertiary/aromatic N) is 4. The quantitative estimate of drug-likeness (QED) is 0.364. The molecule has 0 aliphatic heterocycles. The van der Waals surface area contributed by atoms with Crippen molar-refractivity contribution in [2.24, 2.45) is 0 Å². The molecule has 0 bridgehead atoms. The van der Waals surface area contributed by atoms with Crippen LogP contribution in [0.2, 0.25) is 0 Å². The molecule has 0 atom stereocenters. The van der Waals surface area contributed by atoms with Crippen LogP contribution in [-0.4, -0.2) is 5.48 Å². The molecule has 0 aliphatic carbocycles. The van der Waals surface area contributed by atoms with Gasteiger partial charge in [-0.05, 0) is 0 Å². The van der Waals surface area contributed by atoms with Gasteiger partial charge in [0.2, 0.25) is 0 Å². The Morgan fingerprint density at radius 2 is 0.812 bits per heavy atom. The number of rotatable bonds is 4. The van der Waals surface area contributed by atoms with Gasteiger partial charge in [-0.3, -0.25) is 0 Å². The first kappa shape index (κ1) is 25.7. The molecular formula is C4H2K2N4NiO5. The first-order valence-electron chi connectivity index (χ1n) is 2.23. The Bertz CT molecular complexity index is 271. The van der Waals surface area contributed by atoms with Crippen molar-refractivity contribution in [3.8, 4) is 25.0 Å². The smallest absolute Gasteiger partial charge is 0.412 e. The zero-order chi connectivity index (χ0) is 10.2. The summed E-state index contributed by atoms with van der Waals surface area (Å²) in [6, 6.07) is 0. The molecule has 0 spiro atoms. The van der Waals surface area contributed by atoms with E-state index in [2.05, 4.69) is 15.5 Å². The van der Waals surface area contributed by atoms with Crippen molar-refractivity contribution in [3.05, 3.63) is 0 Å². The molecule has 9 nitrogen and oxygen atoms in total. The van der Waals surface area contributed by atoms with Crippen LogP contribution in [0.15, 0.2) is 0 Å². The van der Waals surface area contributed by atoms with Crippen molar-refractivity contribution >= 4 is 0 Å². The normalized spacial score (nSPS) is 7.25. The van der Waals surface area contributed by atoms with Gasteiger partial charge in [-0.25, -0.2) is 0 Å². The van der Waals surface area contributed by atoms with E-state index in [1.165, 1.54) is 0 Å². The molecule has 16 heavy (non-hydrogen) atoms. The second-order valence-corrected chi connectivity index (χ2v) is 2.73. The molecule has 0 saturated heterocycles. The summed E-state index contributed by atoms with van der Waals surface area (Å²) in [6.45, 7) is 0. The zero-order valence-electron chi connectivity index (χ0n) is 8.24. The number of hydrogen-bond acceptors (Lipinski definition) is 8. The Labute approximate surface area is 179 Å². The third kappa shape index (κ3) is 10.1. The molecule has 0 aromatic heterocycles. The SMILES string of the molecule is N#C[O][Ni-2]([O]C#N)([O]C#N)[O]C#N.O.[K+].[K+]. The van der Waals surface area contributed by atoms with Gasteiger partial charge < -0.3 is 5.48 Å². The van der Waals surface area contributed by atoms with Gasteiger partial charge in [0.1, 0.15) is 0 Å². The summed E-state index contributed by atoms with van der Waals surface area (Å²) in [4.78, 5) is 0. The topological polar surface area (TPSA) is 164 Å². The zero-order valence-corrected chi connectivity index (χ0v) is 15.5. The van der Waals surface area contributed by atoms with Crippen LogP contribution in [0.3, 0.4) is 0 Å². The molecule has 0 aliphatic rings. The molecule has 0 amide bonds. The van der Waals surface area contributed by atoms with E-state index in [4.69, 9.17) is 21.0 Å². The third-order valence-corrected chi connectivity index (χ3v) is 1.78. The fourth-order valence-electron chi connectivity index (χ4n) is 0.220. The molecule has 12 heteroatoms. The molecular weight excluding hydrogens is 321 g/mol. The summed E-state index contributed by atoms with van der Waals surface area (Å²) in [5, 5.41) is 32.3. The van der Waals surface area contributed by atoms with E-state index in [1.54, 1.807) is 0 Å². The Morgan fingerprint density at radius 3 is 0.938 bits per heavy atom. The second-order valence-electron chi connectivity index (χ2n) is 0.940. The summed E-state index contributed by atoms with van der Waals surface area (Å²) in [7, 11) is 0. The average molecular weight is 323 g/mol. The van der Waals surface area contributed by atoms with Crippen LogP contribution in [0.4, 0.5) is 0 Å². The number of nitriles is 4. The first-order valence-corrected chi connectivity index (χ1v) is 3.84. The maximum absolute atomic E-state index is 8.06. The molecule has 0 rings (SSSR count). The standard InChI is InChI=1S/4CHNO.2K.Ni.H2O/c4*2-1-3;;;;/h4*3H;;;;1H2/q;;;;2*+1;+2;/p-4. The van der Waals surface area contributed by atoms with E-state index < -0.39 is 13.7 Å². The fraction of sp³-hybridized carbons (Fsp3) is 0. The van der Waals surface area contributed by atoms with E-state index in [0.29, 0.717) is 0 Å². The molecule has 80 valence electrons. The fourth-order valence-corrected chi connectivity index (χ4v) is 0.909. The third-order valence-electron chi connectivity index (χ3n) is 0.432. The van der Waals surface area contributed by atoms with E-state index >= 15 is 0 Å². The van der Waals surface area contributed by atoms with Crippen molar-refractivity contribution in [2.75, 3.05) is 0 Å². The largest absolute Gasteiger partial charge is 1.00 e. The van der Waals surface area contributed by atoms with E-state index in [9.17, 15) is 0 Å². The molecule has 0 unspecified atom stereocenters. The van der Waals surface area contributed by atoms with Crippen molar-refractivity contribution in [2.45, 2.75) is 0 Å². The molecule has 0 radical (unpaired) electrons. The van der Waals surface area contributed by atoms with E-state index in [-0.39, 0.29) is 108 Å². The summed E-state index contributed by atoms with van der Waals surface area (Å²) < 4.78 is 16.1. The van der Waals surface area contributed by atoms with Crippen LogP contribution >= 0.6 is 0 Å². The Balaban J connectivity index is -0.000000240. The number of hydrogen-bond donors (Lipinski definition) is 0. The maximum Gasteiger partial charge on any atom is 1.00 e. The first-order chi connectivity index (χ1) is 6.24. The van der Waals surface area contributed by atoms with Crippen molar-refractivity contribution < 1.29 is 137 Å². The van der Waals surface area contributed by atoms with E-state index in [0.717, 1.165) is 25.0 Å². The predicted octanol–water partition coefficient (Wildman–Crippen LogP) is -7.03. The van der Waals surface area contributed by atoms with Gasteiger partial charge in [0.25, 0.3) is 0 Å². The maximum atomic E-state index is 8.06. The Kier molecular flexibility index (Phi) is 25.5. The van der Waals surface area contributed by atoms with Crippen molar-refractivity contribution in [1.29, 1.82) is 21.0 Å². The Morgan fingerprint density at radius 1 is 0.625 bits per heavy atom. The van der Waals surface area contributed by atoms with Crippen molar-refractivity contribution in [1.82, 2.24) is 0 Å². The molecule has 0 aromatic carbocycles. The van der Waals surface area contributed by atoms with Gasteiger partial charge in [-0.1, -0.05) is 0 Å². The predicted molar refractivity (Wildman–Crippen MR) is 30.4 cm³/mol. The molecule has 0 fully saturated rings. The van der Waals surface area contributed by atoms with E-state index in [1.807, 2.05) is 0 Å². The second kappa shape index (κ2) is 15.9. The van der Waals surface area contributed by atoms with Gasteiger partial charge >= 0.3 is 178 Å². The van der Waals surface area contributed by atoms with Crippen LogP contribution in [0, 0.1) is 46.1 Å². The van der Waals surface area contributed by atoms with Crippen LogP contribution in [0.1, 0.15) is 0 Å². The molecule has 0 aromatic rings. The van der Waals surface area contributed by atoms with Gasteiger partial charge in [0.15, 0.2) is 0 Å². The minimum atomic E-state index is -3.75. The molecule has 2 N–H and O–H groups in total. The minimum Gasteiger partial charge on any atom is -0.412 e. The minimum absolute atomic E-state index is 0. The summed E-state index contributed by atoms with van der Waals surface area (Å²) in [5.74, 6) is 0. The summed E-state index contributed by atoms with van der Waals surface area (Å²) in [5.41, 5.74) is 0. The molecule has 0 saturated carbocycles. The van der Waals surface area contributed by atoms with Crippen LogP contribution in [-0.2, 0) is 29.2 Å². The van der Waals surface area contributed by atoms with Crippen LogP contribution in [0.5, 0.6) is 0 Å². The monoisotopic (exact) mass is 322 g/mol. The summed E-state index contributed by atoms with van der Waals surface area (Å²) >= 11 is -3.75. The average Bonchev–Trinajstić information content (AvgIpc) is 2.06. The molecule has 0 heterocycles. The van der Waals surface area contributed by atoms with Crippen LogP contribution < -0.4 is 103 Å². The van der Waals surface area contributed by atoms with Crippen molar-refractivity contribution in [3.63, 3.8) is 0 Å². The Hall–Kier alpha value is 0.886. The van der Waals surface area contributed by atoms with Gasteiger partial charge in [0, 0.05) is 0 Å². The van der Waals surface area contributed by atoms with Gasteiger partial charge in [0.05, 0.1) is 0 Å². The summed E-state index contributed by atoms with van der Waals surface area (Å²) in [6.07, 6.45) is 4.31. The van der Waals surface area contributed by atoms with Crippen LogP contribution in [0.25, 0.3) is 0 Å². The van der Waals surface area contributed by atoms with Gasteiger partial charge in [-0.2, -0.15) is 0 Å².